The molecule has 0 aliphatic carbocycles. The number of halogens is 1. The van der Waals surface area contributed by atoms with Gasteiger partial charge in [-0.2, -0.15) is 0 Å². The molecule has 0 saturated carbocycles. The van der Waals surface area contributed by atoms with E-state index in [0.717, 1.165) is 36.9 Å². The molecule has 0 radical (unpaired) electrons. The predicted molar refractivity (Wildman–Crippen MR) is 84.9 cm³/mol. The fourth-order valence-electron chi connectivity index (χ4n) is 2.58. The van der Waals surface area contributed by atoms with Gasteiger partial charge in [0.15, 0.2) is 0 Å². The number of hydrogen-bond acceptors (Lipinski definition) is 2. The summed E-state index contributed by atoms with van der Waals surface area (Å²) in [5.41, 5.74) is 3.49. The molecular weight excluding hydrogens is 263 g/mol. The Labute approximate surface area is 126 Å². The van der Waals surface area contributed by atoms with Crippen molar-refractivity contribution >= 4 is 0 Å². The second-order valence-electron chi connectivity index (χ2n) is 5.43. The molecule has 1 heterocycles. The van der Waals surface area contributed by atoms with Crippen molar-refractivity contribution in [2.24, 2.45) is 0 Å². The van der Waals surface area contributed by atoms with Gasteiger partial charge in [0.2, 0.25) is 0 Å². The van der Waals surface area contributed by atoms with Gasteiger partial charge in [-0.15, -0.1) is 0 Å². The molecule has 0 bridgehead atoms. The Bertz CT molecular complexity index is 554. The van der Waals surface area contributed by atoms with Gasteiger partial charge >= 0.3 is 0 Å². The molecule has 1 atom stereocenters. The zero-order chi connectivity index (χ0) is 15.1. The molecule has 0 fully saturated rings. The van der Waals surface area contributed by atoms with Crippen molar-refractivity contribution in [3.63, 3.8) is 0 Å². The monoisotopic (exact) mass is 286 g/mol. The molecule has 0 aliphatic rings. The molecule has 1 aromatic heterocycles. The lowest BCUT2D eigenvalue weighted by atomic mass is 9.96. The molecule has 112 valence electrons. The molecule has 1 unspecified atom stereocenters. The number of likely N-dealkylation sites (N-methyl/N-ethyl adjacent to an activating group) is 1. The van der Waals surface area contributed by atoms with Crippen LogP contribution in [-0.2, 0) is 12.8 Å². The van der Waals surface area contributed by atoms with Crippen LogP contribution in [0, 0.1) is 12.7 Å². The van der Waals surface area contributed by atoms with E-state index in [-0.39, 0.29) is 5.82 Å². The molecule has 2 nitrogen and oxygen atoms in total. The number of benzene rings is 1. The van der Waals surface area contributed by atoms with Gasteiger partial charge in [-0.3, -0.25) is 4.98 Å². The first-order valence-electron chi connectivity index (χ1n) is 7.56. The molecule has 0 amide bonds. The molecule has 1 aromatic carbocycles. The van der Waals surface area contributed by atoms with E-state index in [0.29, 0.717) is 6.04 Å². The average Bonchev–Trinajstić information content (AvgIpc) is 2.50. The number of aryl methyl sites for hydroxylation is 2. The van der Waals surface area contributed by atoms with Crippen LogP contribution in [-0.4, -0.2) is 17.6 Å². The van der Waals surface area contributed by atoms with E-state index < -0.39 is 0 Å². The Morgan fingerprint density at radius 3 is 2.86 bits per heavy atom. The van der Waals surface area contributed by atoms with E-state index in [1.54, 1.807) is 12.3 Å². The predicted octanol–water partition coefficient (Wildman–Crippen LogP) is 3.68. The highest BCUT2D eigenvalue weighted by molar-refractivity contribution is 5.27. The van der Waals surface area contributed by atoms with Crippen LogP contribution in [0.2, 0.25) is 0 Å². The second kappa shape index (κ2) is 7.89. The zero-order valence-electron chi connectivity index (χ0n) is 12.8. The Morgan fingerprint density at radius 2 is 2.14 bits per heavy atom. The summed E-state index contributed by atoms with van der Waals surface area (Å²) in [6.07, 6.45) is 6.57. The minimum absolute atomic E-state index is 0.155. The molecule has 1 N–H and O–H groups in total. The highest BCUT2D eigenvalue weighted by Gasteiger charge is 2.11. The van der Waals surface area contributed by atoms with E-state index in [9.17, 15) is 4.39 Å². The fourth-order valence-corrected chi connectivity index (χ4v) is 2.58. The lowest BCUT2D eigenvalue weighted by molar-refractivity contribution is 0.488. The summed E-state index contributed by atoms with van der Waals surface area (Å²) in [6.45, 7) is 5.07. The van der Waals surface area contributed by atoms with Crippen molar-refractivity contribution in [2.45, 2.75) is 39.2 Å². The third kappa shape index (κ3) is 4.94. The lowest BCUT2D eigenvalue weighted by Crippen LogP contribution is -2.31. The van der Waals surface area contributed by atoms with Gasteiger partial charge in [-0.05, 0) is 67.6 Å². The maximum Gasteiger partial charge on any atom is 0.123 e. The van der Waals surface area contributed by atoms with Gasteiger partial charge in [0, 0.05) is 18.4 Å². The Hall–Kier alpha value is -1.74. The average molecular weight is 286 g/mol. The summed E-state index contributed by atoms with van der Waals surface area (Å²) < 4.78 is 13.4. The fraction of sp³-hybridized carbons (Fsp3) is 0.389. The first kappa shape index (κ1) is 15.6. The molecule has 2 aromatic rings. The van der Waals surface area contributed by atoms with E-state index in [4.69, 9.17) is 0 Å². The quantitative estimate of drug-likeness (QED) is 0.840. The zero-order valence-corrected chi connectivity index (χ0v) is 12.8. The van der Waals surface area contributed by atoms with Gasteiger partial charge in [0.05, 0.1) is 0 Å². The minimum atomic E-state index is -0.155. The Kier molecular flexibility index (Phi) is 5.88. The molecular formula is C18H23FN2. The van der Waals surface area contributed by atoms with Gasteiger partial charge in [0.25, 0.3) is 0 Å². The van der Waals surface area contributed by atoms with Gasteiger partial charge in [-0.1, -0.05) is 19.1 Å². The number of nitrogens with one attached hydrogen (secondary N) is 1. The highest BCUT2D eigenvalue weighted by atomic mass is 19.1. The number of hydrogen-bond donors (Lipinski definition) is 1. The maximum absolute atomic E-state index is 13.4. The minimum Gasteiger partial charge on any atom is -0.314 e. The normalized spacial score (nSPS) is 12.3. The van der Waals surface area contributed by atoms with E-state index in [1.165, 1.54) is 11.6 Å². The summed E-state index contributed by atoms with van der Waals surface area (Å²) in [7, 11) is 0. The van der Waals surface area contributed by atoms with Crippen LogP contribution in [0.25, 0.3) is 0 Å². The van der Waals surface area contributed by atoms with Crippen LogP contribution in [0.1, 0.15) is 30.0 Å². The maximum atomic E-state index is 13.4. The van der Waals surface area contributed by atoms with Crippen molar-refractivity contribution in [1.82, 2.24) is 10.3 Å². The van der Waals surface area contributed by atoms with Crippen LogP contribution >= 0.6 is 0 Å². The first-order chi connectivity index (χ1) is 10.2. The van der Waals surface area contributed by atoms with Crippen LogP contribution in [0.3, 0.4) is 0 Å². The summed E-state index contributed by atoms with van der Waals surface area (Å²) >= 11 is 0. The SMILES string of the molecule is CCNC(CCc1cccnc1)Cc1cc(F)ccc1C. The number of pyridine rings is 1. The van der Waals surface area contributed by atoms with Crippen molar-refractivity contribution in [3.8, 4) is 0 Å². The van der Waals surface area contributed by atoms with Gasteiger partial charge in [-0.25, -0.2) is 4.39 Å². The van der Waals surface area contributed by atoms with Crippen molar-refractivity contribution in [2.75, 3.05) is 6.54 Å². The number of aromatic nitrogens is 1. The topological polar surface area (TPSA) is 24.9 Å². The lowest BCUT2D eigenvalue weighted by Gasteiger charge is -2.19. The van der Waals surface area contributed by atoms with E-state index >= 15 is 0 Å². The smallest absolute Gasteiger partial charge is 0.123 e. The first-order valence-corrected chi connectivity index (χ1v) is 7.56. The molecule has 3 heteroatoms. The standard InChI is InChI=1S/C18H23FN2/c1-3-21-18(9-7-15-5-4-10-20-13-15)12-16-11-17(19)8-6-14(16)2/h4-6,8,10-11,13,18,21H,3,7,9,12H2,1-2H3. The van der Waals surface area contributed by atoms with Crippen LogP contribution < -0.4 is 5.32 Å². The summed E-state index contributed by atoms with van der Waals surface area (Å²) in [6, 6.07) is 9.46. The molecule has 0 spiro atoms. The van der Waals surface area contributed by atoms with Crippen molar-refractivity contribution in [3.05, 3.63) is 65.2 Å². The van der Waals surface area contributed by atoms with Gasteiger partial charge in [0.1, 0.15) is 5.82 Å². The van der Waals surface area contributed by atoms with Crippen LogP contribution in [0.15, 0.2) is 42.7 Å². The molecule has 2 rings (SSSR count). The summed E-state index contributed by atoms with van der Waals surface area (Å²) in [4.78, 5) is 4.15. The van der Waals surface area contributed by atoms with Crippen molar-refractivity contribution < 1.29 is 4.39 Å². The third-order valence-electron chi connectivity index (χ3n) is 3.77. The Balaban J connectivity index is 2.00. The molecule has 0 aliphatic heterocycles. The third-order valence-corrected chi connectivity index (χ3v) is 3.77. The van der Waals surface area contributed by atoms with Gasteiger partial charge < -0.3 is 5.32 Å². The van der Waals surface area contributed by atoms with Crippen molar-refractivity contribution in [1.29, 1.82) is 0 Å². The molecule has 0 saturated heterocycles. The van der Waals surface area contributed by atoms with Crippen LogP contribution in [0.4, 0.5) is 4.39 Å². The largest absolute Gasteiger partial charge is 0.314 e. The van der Waals surface area contributed by atoms with E-state index in [2.05, 4.69) is 23.3 Å². The van der Waals surface area contributed by atoms with E-state index in [1.807, 2.05) is 25.3 Å². The van der Waals surface area contributed by atoms with Crippen LogP contribution in [0.5, 0.6) is 0 Å². The second-order valence-corrected chi connectivity index (χ2v) is 5.43. The molecule has 21 heavy (non-hydrogen) atoms. The number of rotatable bonds is 7. The Morgan fingerprint density at radius 1 is 1.29 bits per heavy atom. The number of nitrogens with zero attached hydrogens (tertiary/aromatic N) is 1. The highest BCUT2D eigenvalue weighted by Crippen LogP contribution is 2.15. The summed E-state index contributed by atoms with van der Waals surface area (Å²) in [5, 5.41) is 3.51. The summed E-state index contributed by atoms with van der Waals surface area (Å²) in [5.74, 6) is -0.155.